The molecular formula is C16H34N2O. The second kappa shape index (κ2) is 9.73. The topological polar surface area (TPSA) is 24.5 Å². The monoisotopic (exact) mass is 270 g/mol. The van der Waals surface area contributed by atoms with E-state index in [-0.39, 0.29) is 0 Å². The van der Waals surface area contributed by atoms with Crippen molar-refractivity contribution in [2.45, 2.75) is 53.0 Å². The Hall–Kier alpha value is -0.120. The predicted octanol–water partition coefficient (Wildman–Crippen LogP) is 2.76. The van der Waals surface area contributed by atoms with Crippen molar-refractivity contribution in [1.82, 2.24) is 10.2 Å². The molecule has 1 rings (SSSR count). The lowest BCUT2D eigenvalue weighted by Gasteiger charge is -2.32. The molecule has 0 saturated carbocycles. The minimum absolute atomic E-state index is 0.621. The van der Waals surface area contributed by atoms with E-state index in [2.05, 4.69) is 37.9 Å². The molecule has 0 amide bonds. The van der Waals surface area contributed by atoms with E-state index in [0.717, 1.165) is 31.6 Å². The van der Waals surface area contributed by atoms with Crippen LogP contribution < -0.4 is 5.32 Å². The van der Waals surface area contributed by atoms with Crippen LogP contribution in [0.5, 0.6) is 0 Å². The molecule has 1 saturated heterocycles. The highest BCUT2D eigenvalue weighted by Crippen LogP contribution is 2.13. The van der Waals surface area contributed by atoms with Crippen molar-refractivity contribution in [3.05, 3.63) is 0 Å². The molecule has 0 aromatic carbocycles. The number of hydrogen-bond donors (Lipinski definition) is 1. The molecule has 0 spiro atoms. The van der Waals surface area contributed by atoms with E-state index >= 15 is 0 Å². The summed E-state index contributed by atoms with van der Waals surface area (Å²) in [7, 11) is 0. The average Bonchev–Trinajstić information content (AvgIpc) is 2.37. The second-order valence-corrected chi connectivity index (χ2v) is 6.60. The zero-order valence-electron chi connectivity index (χ0n) is 13.5. The second-order valence-electron chi connectivity index (χ2n) is 6.60. The first-order valence-corrected chi connectivity index (χ1v) is 8.12. The van der Waals surface area contributed by atoms with Crippen molar-refractivity contribution in [3.8, 4) is 0 Å². The number of hydrogen-bond acceptors (Lipinski definition) is 3. The Morgan fingerprint density at radius 2 is 2.00 bits per heavy atom. The fourth-order valence-electron chi connectivity index (χ4n) is 2.57. The molecule has 3 heteroatoms. The van der Waals surface area contributed by atoms with Gasteiger partial charge in [0.1, 0.15) is 0 Å². The molecule has 1 N–H and O–H groups in total. The Kier molecular flexibility index (Phi) is 8.67. The number of nitrogens with one attached hydrogen (secondary N) is 1. The first-order chi connectivity index (χ1) is 9.09. The van der Waals surface area contributed by atoms with Gasteiger partial charge in [-0.1, -0.05) is 13.8 Å². The summed E-state index contributed by atoms with van der Waals surface area (Å²) in [5.74, 6) is 1.57. The summed E-state index contributed by atoms with van der Waals surface area (Å²) < 4.78 is 5.76. The zero-order chi connectivity index (χ0) is 14.1. The van der Waals surface area contributed by atoms with E-state index < -0.39 is 0 Å². The summed E-state index contributed by atoms with van der Waals surface area (Å²) in [6.45, 7) is 15.6. The molecule has 1 unspecified atom stereocenters. The van der Waals surface area contributed by atoms with Gasteiger partial charge >= 0.3 is 0 Å². The summed E-state index contributed by atoms with van der Waals surface area (Å²) in [4.78, 5) is 2.58. The molecule has 114 valence electrons. The van der Waals surface area contributed by atoms with Crippen LogP contribution in [-0.2, 0) is 4.74 Å². The van der Waals surface area contributed by atoms with E-state index in [1.807, 2.05) is 0 Å². The normalized spacial score (nSPS) is 20.7. The smallest absolute Gasteiger partial charge is 0.0593 e. The first-order valence-electron chi connectivity index (χ1n) is 8.12. The molecule has 1 heterocycles. The van der Waals surface area contributed by atoms with Gasteiger partial charge in [0.15, 0.2) is 0 Å². The van der Waals surface area contributed by atoms with Crippen LogP contribution in [0.25, 0.3) is 0 Å². The largest absolute Gasteiger partial charge is 0.380 e. The van der Waals surface area contributed by atoms with Crippen LogP contribution in [0.4, 0.5) is 0 Å². The molecule has 0 aromatic rings. The number of ether oxygens (including phenoxy) is 1. The molecule has 0 aliphatic carbocycles. The van der Waals surface area contributed by atoms with Gasteiger partial charge in [-0.2, -0.15) is 0 Å². The van der Waals surface area contributed by atoms with Gasteiger partial charge in [0.05, 0.1) is 6.61 Å². The van der Waals surface area contributed by atoms with Crippen molar-refractivity contribution in [1.29, 1.82) is 0 Å². The Labute approximate surface area is 120 Å². The van der Waals surface area contributed by atoms with Crippen molar-refractivity contribution in [2.75, 3.05) is 39.4 Å². The highest BCUT2D eigenvalue weighted by Gasteiger charge is 2.18. The van der Waals surface area contributed by atoms with E-state index in [0.29, 0.717) is 6.04 Å². The first kappa shape index (κ1) is 16.9. The molecule has 0 aromatic heterocycles. The molecule has 1 aliphatic heterocycles. The standard InChI is InChI=1S/C16H34N2O/c1-14(2)7-10-19-11-9-18(15(3)4)13-16-6-5-8-17-12-16/h14-17H,5-13H2,1-4H3. The Morgan fingerprint density at radius 1 is 1.21 bits per heavy atom. The van der Waals surface area contributed by atoms with Crippen LogP contribution in [0.1, 0.15) is 47.0 Å². The summed E-state index contributed by atoms with van der Waals surface area (Å²) in [5.41, 5.74) is 0. The molecule has 1 atom stereocenters. The molecule has 3 nitrogen and oxygen atoms in total. The third-order valence-electron chi connectivity index (χ3n) is 3.98. The zero-order valence-corrected chi connectivity index (χ0v) is 13.5. The van der Waals surface area contributed by atoms with Crippen molar-refractivity contribution in [2.24, 2.45) is 11.8 Å². The SMILES string of the molecule is CC(C)CCOCCN(CC1CCCNC1)C(C)C. The van der Waals surface area contributed by atoms with Gasteiger partial charge < -0.3 is 10.1 Å². The highest BCUT2D eigenvalue weighted by molar-refractivity contribution is 4.74. The minimum atomic E-state index is 0.621. The fraction of sp³-hybridized carbons (Fsp3) is 1.00. The van der Waals surface area contributed by atoms with Gasteiger partial charge in [-0.25, -0.2) is 0 Å². The molecule has 1 aliphatic rings. The van der Waals surface area contributed by atoms with E-state index in [1.54, 1.807) is 0 Å². The van der Waals surface area contributed by atoms with Crippen LogP contribution in [0.2, 0.25) is 0 Å². The number of nitrogens with zero attached hydrogens (tertiary/aromatic N) is 1. The fourth-order valence-corrected chi connectivity index (χ4v) is 2.57. The molecule has 19 heavy (non-hydrogen) atoms. The molecule has 1 fully saturated rings. The lowest BCUT2D eigenvalue weighted by Crippen LogP contribution is -2.42. The van der Waals surface area contributed by atoms with Crippen LogP contribution >= 0.6 is 0 Å². The lowest BCUT2D eigenvalue weighted by atomic mass is 9.98. The van der Waals surface area contributed by atoms with E-state index in [4.69, 9.17) is 4.74 Å². The van der Waals surface area contributed by atoms with Gasteiger partial charge in [0.25, 0.3) is 0 Å². The van der Waals surface area contributed by atoms with Crippen LogP contribution in [0.3, 0.4) is 0 Å². The van der Waals surface area contributed by atoms with Gasteiger partial charge in [-0.3, -0.25) is 4.90 Å². The maximum Gasteiger partial charge on any atom is 0.0593 e. The predicted molar refractivity (Wildman–Crippen MR) is 82.6 cm³/mol. The highest BCUT2D eigenvalue weighted by atomic mass is 16.5. The third-order valence-corrected chi connectivity index (χ3v) is 3.98. The average molecular weight is 270 g/mol. The summed E-state index contributed by atoms with van der Waals surface area (Å²) in [6.07, 6.45) is 3.89. The van der Waals surface area contributed by atoms with Crippen molar-refractivity contribution >= 4 is 0 Å². The molecule has 0 radical (unpaired) electrons. The summed E-state index contributed by atoms with van der Waals surface area (Å²) in [5, 5.41) is 3.51. The van der Waals surface area contributed by atoms with Crippen LogP contribution in [0, 0.1) is 11.8 Å². The Morgan fingerprint density at radius 3 is 2.58 bits per heavy atom. The van der Waals surface area contributed by atoms with Crippen molar-refractivity contribution in [3.63, 3.8) is 0 Å². The lowest BCUT2D eigenvalue weighted by molar-refractivity contribution is 0.0768. The number of piperidine rings is 1. The summed E-state index contributed by atoms with van der Waals surface area (Å²) in [6, 6.07) is 0.621. The molecule has 0 bridgehead atoms. The van der Waals surface area contributed by atoms with Gasteiger partial charge in [0, 0.05) is 25.7 Å². The van der Waals surface area contributed by atoms with Gasteiger partial charge in [-0.15, -0.1) is 0 Å². The third kappa shape index (κ3) is 7.91. The Bertz CT molecular complexity index is 213. The van der Waals surface area contributed by atoms with Crippen molar-refractivity contribution < 1.29 is 4.74 Å². The van der Waals surface area contributed by atoms with E-state index in [1.165, 1.54) is 38.9 Å². The quantitative estimate of drug-likeness (QED) is 0.652. The van der Waals surface area contributed by atoms with Crippen LogP contribution in [0.15, 0.2) is 0 Å². The van der Waals surface area contributed by atoms with E-state index in [9.17, 15) is 0 Å². The maximum absolute atomic E-state index is 5.76. The number of rotatable bonds is 9. The summed E-state index contributed by atoms with van der Waals surface area (Å²) >= 11 is 0. The maximum atomic E-state index is 5.76. The molecular weight excluding hydrogens is 236 g/mol. The van der Waals surface area contributed by atoms with Gasteiger partial charge in [0.2, 0.25) is 0 Å². The Balaban J connectivity index is 2.16. The minimum Gasteiger partial charge on any atom is -0.380 e. The van der Waals surface area contributed by atoms with Crippen LogP contribution in [-0.4, -0.2) is 50.3 Å². The van der Waals surface area contributed by atoms with Gasteiger partial charge in [-0.05, 0) is 58.0 Å².